The molecule has 0 aliphatic carbocycles. The van der Waals surface area contributed by atoms with Crippen LogP contribution in [0.15, 0.2) is 90.1 Å². The minimum absolute atomic E-state index is 0.0962. The van der Waals surface area contributed by atoms with Gasteiger partial charge in [0.05, 0.1) is 17.1 Å². The van der Waals surface area contributed by atoms with E-state index in [-0.39, 0.29) is 5.78 Å². The molecule has 2 N–H and O–H groups in total. The normalized spacial score (nSPS) is 11.1. The highest BCUT2D eigenvalue weighted by atomic mass is 32.2. The van der Waals surface area contributed by atoms with Crippen LogP contribution in [0, 0.1) is 6.92 Å². The number of fused-ring (bicyclic) bond motifs is 1. The van der Waals surface area contributed by atoms with Crippen LogP contribution in [0.5, 0.6) is 0 Å². The van der Waals surface area contributed by atoms with Crippen molar-refractivity contribution in [3.8, 4) is 22.5 Å². The van der Waals surface area contributed by atoms with Gasteiger partial charge in [-0.2, -0.15) is 0 Å². The minimum Gasteiger partial charge on any atom is -0.358 e. The number of H-pyrrole nitrogens is 2. The fourth-order valence-electron chi connectivity index (χ4n) is 3.88. The fraction of sp³-hybridized carbons (Fsp3) is 0.0769. The number of hydrogen-bond acceptors (Lipinski definition) is 3. The van der Waals surface area contributed by atoms with Gasteiger partial charge in [0.15, 0.2) is 10.9 Å². The number of hydrogen-bond donors (Lipinski definition) is 2. The third kappa shape index (κ3) is 3.80. The van der Waals surface area contributed by atoms with Crippen molar-refractivity contribution in [2.45, 2.75) is 12.1 Å². The number of carbonyl (C=O) groups is 1. The van der Waals surface area contributed by atoms with Gasteiger partial charge in [-0.25, -0.2) is 4.98 Å². The Balaban J connectivity index is 1.45. The van der Waals surface area contributed by atoms with Gasteiger partial charge in [0.2, 0.25) is 0 Å². The number of rotatable bonds is 6. The van der Waals surface area contributed by atoms with Crippen molar-refractivity contribution >= 4 is 28.4 Å². The Morgan fingerprint density at radius 3 is 2.23 bits per heavy atom. The number of benzene rings is 3. The number of carbonyl (C=O) groups excluding carboxylic acids is 1. The summed E-state index contributed by atoms with van der Waals surface area (Å²) in [5, 5.41) is 1.71. The highest BCUT2D eigenvalue weighted by Crippen LogP contribution is 2.33. The van der Waals surface area contributed by atoms with E-state index in [9.17, 15) is 4.79 Å². The summed E-state index contributed by atoms with van der Waals surface area (Å²) in [5.41, 5.74) is 6.63. The number of aryl methyl sites for hydroxylation is 1. The Kier molecular flexibility index (Phi) is 5.18. The van der Waals surface area contributed by atoms with E-state index in [0.717, 1.165) is 49.8 Å². The summed E-state index contributed by atoms with van der Waals surface area (Å²) in [5.74, 6) is 0.414. The smallest absolute Gasteiger partial charge is 0.175 e. The van der Waals surface area contributed by atoms with Crippen LogP contribution in [-0.2, 0) is 0 Å². The van der Waals surface area contributed by atoms with Crippen molar-refractivity contribution in [2.75, 3.05) is 5.75 Å². The maximum atomic E-state index is 13.1. The fourth-order valence-corrected chi connectivity index (χ4v) is 4.62. The second kappa shape index (κ2) is 8.28. The maximum absolute atomic E-state index is 13.1. The number of aromatic amines is 2. The van der Waals surface area contributed by atoms with Gasteiger partial charge in [0.1, 0.15) is 0 Å². The molecule has 0 saturated heterocycles. The largest absolute Gasteiger partial charge is 0.358 e. The zero-order valence-corrected chi connectivity index (χ0v) is 17.9. The molecule has 2 heterocycles. The van der Waals surface area contributed by atoms with Gasteiger partial charge in [-0.15, -0.1) is 0 Å². The maximum Gasteiger partial charge on any atom is 0.175 e. The second-order valence-corrected chi connectivity index (χ2v) is 8.34. The van der Waals surface area contributed by atoms with Crippen molar-refractivity contribution in [2.24, 2.45) is 0 Å². The quantitative estimate of drug-likeness (QED) is 0.242. The lowest BCUT2D eigenvalue weighted by Crippen LogP contribution is -2.03. The first kappa shape index (κ1) is 19.4. The molecule has 2 aromatic heterocycles. The van der Waals surface area contributed by atoms with Crippen molar-refractivity contribution < 1.29 is 4.79 Å². The molecular formula is C26H21N3OS. The molecule has 0 aliphatic heterocycles. The molecule has 0 unspecified atom stereocenters. The third-order valence-corrected chi connectivity index (χ3v) is 6.18. The van der Waals surface area contributed by atoms with Crippen LogP contribution < -0.4 is 0 Å². The van der Waals surface area contributed by atoms with E-state index in [0.29, 0.717) is 5.75 Å². The molecular weight excluding hydrogens is 402 g/mol. The van der Waals surface area contributed by atoms with E-state index in [1.165, 1.54) is 11.8 Å². The zero-order valence-electron chi connectivity index (χ0n) is 17.1. The predicted octanol–water partition coefficient (Wildman–Crippen LogP) is 6.51. The molecule has 0 radical (unpaired) electrons. The summed E-state index contributed by atoms with van der Waals surface area (Å²) in [6.07, 6.45) is 0. The second-order valence-electron chi connectivity index (χ2n) is 7.38. The molecule has 0 fully saturated rings. The number of para-hydroxylation sites is 1. The summed E-state index contributed by atoms with van der Waals surface area (Å²) in [4.78, 5) is 24.7. The van der Waals surface area contributed by atoms with Crippen molar-refractivity contribution in [3.63, 3.8) is 0 Å². The van der Waals surface area contributed by atoms with Crippen molar-refractivity contribution in [1.82, 2.24) is 15.0 Å². The first-order chi connectivity index (χ1) is 15.2. The van der Waals surface area contributed by atoms with Crippen LogP contribution in [0.3, 0.4) is 0 Å². The predicted molar refractivity (Wildman–Crippen MR) is 128 cm³/mol. The summed E-state index contributed by atoms with van der Waals surface area (Å²) in [6, 6.07) is 28.2. The third-order valence-electron chi connectivity index (χ3n) is 5.30. The summed E-state index contributed by atoms with van der Waals surface area (Å²) in [6.45, 7) is 1.95. The summed E-state index contributed by atoms with van der Waals surface area (Å²) < 4.78 is 0. The van der Waals surface area contributed by atoms with Gasteiger partial charge >= 0.3 is 0 Å². The van der Waals surface area contributed by atoms with Gasteiger partial charge in [0.25, 0.3) is 0 Å². The molecule has 3 aromatic carbocycles. The molecule has 0 aliphatic rings. The number of nitrogens with one attached hydrogen (secondary N) is 2. The average Bonchev–Trinajstić information content (AvgIpc) is 3.39. The average molecular weight is 424 g/mol. The van der Waals surface area contributed by atoms with Crippen LogP contribution in [0.4, 0.5) is 0 Å². The Morgan fingerprint density at radius 1 is 0.839 bits per heavy atom. The molecule has 0 saturated carbocycles. The SMILES string of the molecule is Cc1[nH]c2ccccc2c1C(=O)CSc1nc(-c2ccccc2)c(-c2ccccc2)[nH]1. The van der Waals surface area contributed by atoms with Crippen molar-refractivity contribution in [3.05, 3.63) is 96.2 Å². The lowest BCUT2D eigenvalue weighted by atomic mass is 10.1. The summed E-state index contributed by atoms with van der Waals surface area (Å²) in [7, 11) is 0. The van der Waals surface area contributed by atoms with E-state index in [4.69, 9.17) is 4.98 Å². The molecule has 152 valence electrons. The Bertz CT molecular complexity index is 1300. The van der Waals surface area contributed by atoms with E-state index in [1.54, 1.807) is 0 Å². The highest BCUT2D eigenvalue weighted by Gasteiger charge is 2.18. The Morgan fingerprint density at radius 2 is 1.48 bits per heavy atom. The van der Waals surface area contributed by atoms with Crippen LogP contribution in [-0.4, -0.2) is 26.5 Å². The van der Waals surface area contributed by atoms with Crippen LogP contribution >= 0.6 is 11.8 Å². The molecule has 0 spiro atoms. The van der Waals surface area contributed by atoms with E-state index in [1.807, 2.05) is 67.6 Å². The number of nitrogens with zero attached hydrogens (tertiary/aromatic N) is 1. The monoisotopic (exact) mass is 423 g/mol. The molecule has 0 bridgehead atoms. The number of ketones is 1. The van der Waals surface area contributed by atoms with Crippen LogP contribution in [0.25, 0.3) is 33.4 Å². The van der Waals surface area contributed by atoms with Gasteiger partial charge in [-0.05, 0) is 13.0 Å². The molecule has 5 rings (SSSR count). The number of thioether (sulfide) groups is 1. The van der Waals surface area contributed by atoms with E-state index >= 15 is 0 Å². The number of aromatic nitrogens is 3. The Labute approximate surface area is 184 Å². The first-order valence-electron chi connectivity index (χ1n) is 10.1. The van der Waals surface area contributed by atoms with Gasteiger partial charge in [-0.1, -0.05) is 90.6 Å². The molecule has 0 atom stereocenters. The lowest BCUT2D eigenvalue weighted by molar-refractivity contribution is 0.102. The Hall–Kier alpha value is -3.57. The van der Waals surface area contributed by atoms with Gasteiger partial charge in [-0.3, -0.25) is 4.79 Å². The first-order valence-corrected chi connectivity index (χ1v) is 11.1. The number of Topliss-reactive ketones (excluding diaryl/α,β-unsaturated/α-hetero) is 1. The standard InChI is InChI=1S/C26H21N3OS/c1-17-23(20-14-8-9-15-21(20)27-17)22(30)16-31-26-28-24(18-10-4-2-5-11-18)25(29-26)19-12-6-3-7-13-19/h2-15,27H,16H2,1H3,(H,28,29). The molecule has 0 amide bonds. The topological polar surface area (TPSA) is 61.5 Å². The van der Waals surface area contributed by atoms with Gasteiger partial charge < -0.3 is 9.97 Å². The molecule has 5 aromatic rings. The number of imidazole rings is 1. The molecule has 5 heteroatoms. The van der Waals surface area contributed by atoms with Crippen molar-refractivity contribution in [1.29, 1.82) is 0 Å². The zero-order chi connectivity index (χ0) is 21.2. The van der Waals surface area contributed by atoms with E-state index in [2.05, 4.69) is 34.2 Å². The summed E-state index contributed by atoms with van der Waals surface area (Å²) >= 11 is 1.44. The van der Waals surface area contributed by atoms with Crippen LogP contribution in [0.1, 0.15) is 16.1 Å². The lowest BCUT2D eigenvalue weighted by Gasteiger charge is -2.02. The van der Waals surface area contributed by atoms with Crippen LogP contribution in [0.2, 0.25) is 0 Å². The van der Waals surface area contributed by atoms with E-state index < -0.39 is 0 Å². The molecule has 4 nitrogen and oxygen atoms in total. The van der Waals surface area contributed by atoms with Gasteiger partial charge in [0, 0.05) is 33.3 Å². The highest BCUT2D eigenvalue weighted by molar-refractivity contribution is 7.99. The molecule has 31 heavy (non-hydrogen) atoms. The minimum atomic E-state index is 0.0962.